The average Bonchev–Trinajstić information content (AvgIpc) is 2.25. The van der Waals surface area contributed by atoms with Crippen molar-refractivity contribution in [1.82, 2.24) is 0 Å². The van der Waals surface area contributed by atoms with Gasteiger partial charge in [0.15, 0.2) is 0 Å². The highest BCUT2D eigenvalue weighted by Gasteiger charge is 2.39. The van der Waals surface area contributed by atoms with Gasteiger partial charge in [0.2, 0.25) is 0 Å². The topological polar surface area (TPSA) is 9.23 Å². The fourth-order valence-electron chi connectivity index (χ4n) is 2.33. The Morgan fingerprint density at radius 2 is 2.00 bits per heavy atom. The van der Waals surface area contributed by atoms with Crippen molar-refractivity contribution < 1.29 is 4.74 Å². The van der Waals surface area contributed by atoms with Crippen molar-refractivity contribution in [2.24, 2.45) is 5.92 Å². The molecule has 1 nitrogen and oxygen atoms in total. The maximum absolute atomic E-state index is 5.99. The first kappa shape index (κ1) is 10.0. The van der Waals surface area contributed by atoms with Crippen molar-refractivity contribution in [3.05, 3.63) is 0 Å². The van der Waals surface area contributed by atoms with E-state index in [1.165, 1.54) is 25.7 Å². The molecular formula is C11H22O. The normalized spacial score (nSPS) is 34.0. The molecule has 0 aromatic carbocycles. The summed E-state index contributed by atoms with van der Waals surface area (Å²) in [6, 6.07) is 0. The predicted octanol–water partition coefficient (Wildman–Crippen LogP) is 3.38. The molecule has 1 saturated heterocycles. The van der Waals surface area contributed by atoms with Gasteiger partial charge in [-0.2, -0.15) is 0 Å². The van der Waals surface area contributed by atoms with Crippen molar-refractivity contribution in [3.8, 4) is 0 Å². The molecule has 0 spiro atoms. The van der Waals surface area contributed by atoms with Crippen LogP contribution in [0.25, 0.3) is 0 Å². The van der Waals surface area contributed by atoms with Crippen LogP contribution in [-0.4, -0.2) is 11.7 Å². The molecule has 1 fully saturated rings. The summed E-state index contributed by atoms with van der Waals surface area (Å²) >= 11 is 0. The third kappa shape index (κ3) is 2.01. The van der Waals surface area contributed by atoms with Crippen LogP contribution in [0.2, 0.25) is 0 Å². The number of ether oxygens (including phenoxy) is 1. The minimum atomic E-state index is 0.134. The van der Waals surface area contributed by atoms with Crippen LogP contribution in [0.15, 0.2) is 0 Å². The van der Waals surface area contributed by atoms with E-state index in [1.54, 1.807) is 0 Å². The molecule has 1 aliphatic heterocycles. The van der Waals surface area contributed by atoms with Gasteiger partial charge in [-0.05, 0) is 32.6 Å². The fourth-order valence-corrected chi connectivity index (χ4v) is 2.33. The fraction of sp³-hybridized carbons (Fsp3) is 1.00. The molecule has 2 atom stereocenters. The van der Waals surface area contributed by atoms with E-state index in [0.29, 0.717) is 6.10 Å². The SMILES string of the molecule is CCCC1CC(CC)C(C)(C)O1. The molecular weight excluding hydrogens is 148 g/mol. The second-order valence-corrected chi connectivity index (χ2v) is 4.47. The third-order valence-electron chi connectivity index (χ3n) is 3.10. The van der Waals surface area contributed by atoms with Crippen LogP contribution in [0, 0.1) is 5.92 Å². The summed E-state index contributed by atoms with van der Waals surface area (Å²) in [7, 11) is 0. The van der Waals surface area contributed by atoms with Crippen LogP contribution in [0.1, 0.15) is 53.4 Å². The Morgan fingerprint density at radius 1 is 1.33 bits per heavy atom. The van der Waals surface area contributed by atoms with Crippen molar-refractivity contribution in [2.75, 3.05) is 0 Å². The van der Waals surface area contributed by atoms with E-state index < -0.39 is 0 Å². The van der Waals surface area contributed by atoms with Crippen LogP contribution >= 0.6 is 0 Å². The maximum Gasteiger partial charge on any atom is 0.0659 e. The van der Waals surface area contributed by atoms with Crippen molar-refractivity contribution in [3.63, 3.8) is 0 Å². The monoisotopic (exact) mass is 170 g/mol. The molecule has 0 aliphatic carbocycles. The number of rotatable bonds is 3. The molecule has 0 amide bonds. The first-order chi connectivity index (χ1) is 5.60. The Labute approximate surface area is 76.5 Å². The molecule has 12 heavy (non-hydrogen) atoms. The molecule has 0 N–H and O–H groups in total. The van der Waals surface area contributed by atoms with E-state index in [-0.39, 0.29) is 5.60 Å². The quantitative estimate of drug-likeness (QED) is 0.631. The van der Waals surface area contributed by atoms with E-state index in [0.717, 1.165) is 5.92 Å². The highest BCUT2D eigenvalue weighted by Crippen LogP contribution is 2.38. The van der Waals surface area contributed by atoms with Gasteiger partial charge in [0.05, 0.1) is 11.7 Å². The van der Waals surface area contributed by atoms with E-state index in [1.807, 2.05) is 0 Å². The Kier molecular flexibility index (Phi) is 3.16. The summed E-state index contributed by atoms with van der Waals surface area (Å²) in [6.45, 7) is 8.97. The number of hydrogen-bond acceptors (Lipinski definition) is 1. The smallest absolute Gasteiger partial charge is 0.0659 e. The summed E-state index contributed by atoms with van der Waals surface area (Å²) in [5.74, 6) is 0.772. The summed E-state index contributed by atoms with van der Waals surface area (Å²) in [5.41, 5.74) is 0.134. The average molecular weight is 170 g/mol. The molecule has 1 heteroatoms. The highest BCUT2D eigenvalue weighted by atomic mass is 16.5. The van der Waals surface area contributed by atoms with Gasteiger partial charge in [-0.1, -0.05) is 26.7 Å². The van der Waals surface area contributed by atoms with Crippen LogP contribution in [-0.2, 0) is 4.74 Å². The lowest BCUT2D eigenvalue weighted by Crippen LogP contribution is -2.27. The third-order valence-corrected chi connectivity index (χ3v) is 3.10. The predicted molar refractivity (Wildman–Crippen MR) is 52.3 cm³/mol. The van der Waals surface area contributed by atoms with Crippen LogP contribution in [0.3, 0.4) is 0 Å². The molecule has 0 aromatic heterocycles. The van der Waals surface area contributed by atoms with Gasteiger partial charge >= 0.3 is 0 Å². The first-order valence-corrected chi connectivity index (χ1v) is 5.28. The van der Waals surface area contributed by atoms with Gasteiger partial charge in [-0.15, -0.1) is 0 Å². The molecule has 0 saturated carbocycles. The summed E-state index contributed by atoms with van der Waals surface area (Å²) in [6.07, 6.45) is 5.55. The van der Waals surface area contributed by atoms with Gasteiger partial charge in [-0.3, -0.25) is 0 Å². The molecule has 0 aromatic rings. The Hall–Kier alpha value is -0.0400. The maximum atomic E-state index is 5.99. The molecule has 1 heterocycles. The summed E-state index contributed by atoms with van der Waals surface area (Å²) in [5, 5.41) is 0. The summed E-state index contributed by atoms with van der Waals surface area (Å²) in [4.78, 5) is 0. The summed E-state index contributed by atoms with van der Waals surface area (Å²) < 4.78 is 5.99. The Bertz CT molecular complexity index is 140. The van der Waals surface area contributed by atoms with E-state index in [4.69, 9.17) is 4.74 Å². The zero-order valence-corrected chi connectivity index (χ0v) is 8.89. The first-order valence-electron chi connectivity index (χ1n) is 5.28. The number of hydrogen-bond donors (Lipinski definition) is 0. The van der Waals surface area contributed by atoms with Gasteiger partial charge in [0.1, 0.15) is 0 Å². The lowest BCUT2D eigenvalue weighted by atomic mass is 9.87. The zero-order valence-electron chi connectivity index (χ0n) is 8.89. The molecule has 1 aliphatic rings. The second-order valence-electron chi connectivity index (χ2n) is 4.47. The molecule has 0 bridgehead atoms. The zero-order chi connectivity index (χ0) is 9.19. The minimum Gasteiger partial charge on any atom is -0.372 e. The van der Waals surface area contributed by atoms with Gasteiger partial charge in [-0.25, -0.2) is 0 Å². The van der Waals surface area contributed by atoms with Crippen LogP contribution in [0.5, 0.6) is 0 Å². The molecule has 72 valence electrons. The Morgan fingerprint density at radius 3 is 2.42 bits per heavy atom. The highest BCUT2D eigenvalue weighted by molar-refractivity contribution is 4.88. The van der Waals surface area contributed by atoms with Crippen molar-refractivity contribution >= 4 is 0 Å². The molecule has 0 radical (unpaired) electrons. The van der Waals surface area contributed by atoms with Crippen LogP contribution in [0.4, 0.5) is 0 Å². The van der Waals surface area contributed by atoms with Gasteiger partial charge in [0.25, 0.3) is 0 Å². The van der Waals surface area contributed by atoms with E-state index in [9.17, 15) is 0 Å². The standard InChI is InChI=1S/C11H22O/c1-5-7-10-8-9(6-2)11(3,4)12-10/h9-10H,5-8H2,1-4H3. The lowest BCUT2D eigenvalue weighted by molar-refractivity contribution is -0.0345. The molecule has 2 unspecified atom stereocenters. The van der Waals surface area contributed by atoms with Crippen molar-refractivity contribution in [1.29, 1.82) is 0 Å². The van der Waals surface area contributed by atoms with Crippen LogP contribution < -0.4 is 0 Å². The van der Waals surface area contributed by atoms with Crippen molar-refractivity contribution in [2.45, 2.75) is 65.1 Å². The minimum absolute atomic E-state index is 0.134. The largest absolute Gasteiger partial charge is 0.372 e. The van der Waals surface area contributed by atoms with E-state index >= 15 is 0 Å². The lowest BCUT2D eigenvalue weighted by Gasteiger charge is -2.25. The molecule has 1 rings (SSSR count). The Balaban J connectivity index is 2.48. The van der Waals surface area contributed by atoms with Gasteiger partial charge < -0.3 is 4.74 Å². The second kappa shape index (κ2) is 3.78. The van der Waals surface area contributed by atoms with E-state index in [2.05, 4.69) is 27.7 Å². The van der Waals surface area contributed by atoms with Gasteiger partial charge in [0, 0.05) is 0 Å².